The highest BCUT2D eigenvalue weighted by atomic mass is 16.2. The summed E-state index contributed by atoms with van der Waals surface area (Å²) in [6.45, 7) is 6.55. The first-order chi connectivity index (χ1) is 10.6. The van der Waals surface area contributed by atoms with Gasteiger partial charge >= 0.3 is 0 Å². The fraction of sp³-hybridized carbons (Fsp3) is 0.529. The standard InChI is InChI=1S/C17H25N3O2/c1-3-19(4-2)16(21)13-7-9-14(10-8-13)17(22)20-11-5-6-15(20)12-18/h7-10,15H,3-6,11-12,18H2,1-2H3. The van der Waals surface area contributed by atoms with Crippen molar-refractivity contribution in [1.29, 1.82) is 0 Å². The highest BCUT2D eigenvalue weighted by Gasteiger charge is 2.28. The molecule has 2 N–H and O–H groups in total. The van der Waals surface area contributed by atoms with Crippen LogP contribution in [-0.2, 0) is 0 Å². The molecule has 0 saturated carbocycles. The van der Waals surface area contributed by atoms with E-state index in [9.17, 15) is 9.59 Å². The van der Waals surface area contributed by atoms with E-state index < -0.39 is 0 Å². The minimum Gasteiger partial charge on any atom is -0.339 e. The molecule has 0 bridgehead atoms. The van der Waals surface area contributed by atoms with E-state index in [1.807, 2.05) is 18.7 Å². The summed E-state index contributed by atoms with van der Waals surface area (Å²) in [4.78, 5) is 28.4. The molecule has 1 aromatic carbocycles. The molecule has 0 radical (unpaired) electrons. The van der Waals surface area contributed by atoms with Crippen LogP contribution in [0.3, 0.4) is 0 Å². The van der Waals surface area contributed by atoms with Crippen molar-refractivity contribution < 1.29 is 9.59 Å². The number of hydrogen-bond acceptors (Lipinski definition) is 3. The van der Waals surface area contributed by atoms with Gasteiger partial charge in [-0.05, 0) is 51.0 Å². The van der Waals surface area contributed by atoms with Gasteiger partial charge in [-0.2, -0.15) is 0 Å². The summed E-state index contributed by atoms with van der Waals surface area (Å²) in [7, 11) is 0. The lowest BCUT2D eigenvalue weighted by atomic mass is 10.1. The molecular formula is C17H25N3O2. The largest absolute Gasteiger partial charge is 0.339 e. The Kier molecular flexibility index (Phi) is 5.55. The van der Waals surface area contributed by atoms with Crippen LogP contribution < -0.4 is 5.73 Å². The molecule has 1 saturated heterocycles. The fourth-order valence-electron chi connectivity index (χ4n) is 2.96. The van der Waals surface area contributed by atoms with Crippen molar-refractivity contribution in [2.45, 2.75) is 32.7 Å². The van der Waals surface area contributed by atoms with Gasteiger partial charge in [0, 0.05) is 43.3 Å². The molecule has 0 aromatic heterocycles. The second kappa shape index (κ2) is 7.40. The van der Waals surface area contributed by atoms with Crippen molar-refractivity contribution in [2.24, 2.45) is 5.73 Å². The third kappa shape index (κ3) is 3.30. The molecule has 1 atom stereocenters. The van der Waals surface area contributed by atoms with Gasteiger partial charge in [-0.1, -0.05) is 0 Å². The maximum absolute atomic E-state index is 12.5. The Morgan fingerprint density at radius 3 is 2.32 bits per heavy atom. The number of rotatable bonds is 5. The number of hydrogen-bond donors (Lipinski definition) is 1. The molecule has 2 rings (SSSR count). The van der Waals surface area contributed by atoms with Gasteiger partial charge in [-0.3, -0.25) is 9.59 Å². The van der Waals surface area contributed by atoms with E-state index in [1.54, 1.807) is 29.2 Å². The summed E-state index contributed by atoms with van der Waals surface area (Å²) in [5.74, 6) is 0.0137. The average molecular weight is 303 g/mol. The van der Waals surface area contributed by atoms with Crippen LogP contribution in [0.5, 0.6) is 0 Å². The summed E-state index contributed by atoms with van der Waals surface area (Å²) in [6, 6.07) is 7.10. The van der Waals surface area contributed by atoms with Crippen molar-refractivity contribution in [3.05, 3.63) is 35.4 Å². The van der Waals surface area contributed by atoms with Gasteiger partial charge in [-0.25, -0.2) is 0 Å². The van der Waals surface area contributed by atoms with Crippen molar-refractivity contribution in [1.82, 2.24) is 9.80 Å². The molecule has 120 valence electrons. The lowest BCUT2D eigenvalue weighted by Gasteiger charge is -2.23. The molecule has 5 nitrogen and oxygen atoms in total. The minimum atomic E-state index is 0.00464. The van der Waals surface area contributed by atoms with E-state index in [4.69, 9.17) is 5.73 Å². The Bertz CT molecular complexity index is 523. The second-order valence-corrected chi connectivity index (χ2v) is 5.59. The molecule has 1 heterocycles. The SMILES string of the molecule is CCN(CC)C(=O)c1ccc(C(=O)N2CCCC2CN)cc1. The van der Waals surface area contributed by atoms with Gasteiger partial charge in [0.25, 0.3) is 11.8 Å². The smallest absolute Gasteiger partial charge is 0.254 e. The normalized spacial score (nSPS) is 17.6. The zero-order valence-corrected chi connectivity index (χ0v) is 13.4. The lowest BCUT2D eigenvalue weighted by Crippen LogP contribution is -2.39. The van der Waals surface area contributed by atoms with Gasteiger partial charge < -0.3 is 15.5 Å². The van der Waals surface area contributed by atoms with Crippen LogP contribution in [-0.4, -0.2) is 53.8 Å². The summed E-state index contributed by atoms with van der Waals surface area (Å²) in [5.41, 5.74) is 6.97. The molecule has 1 unspecified atom stereocenters. The van der Waals surface area contributed by atoms with Crippen LogP contribution in [0.1, 0.15) is 47.4 Å². The van der Waals surface area contributed by atoms with Gasteiger partial charge in [0.15, 0.2) is 0 Å². The molecule has 1 aliphatic heterocycles. The maximum atomic E-state index is 12.5. The first kappa shape index (κ1) is 16.5. The van der Waals surface area contributed by atoms with Gasteiger partial charge in [-0.15, -0.1) is 0 Å². The van der Waals surface area contributed by atoms with Crippen LogP contribution in [0.2, 0.25) is 0 Å². The average Bonchev–Trinajstić information content (AvgIpc) is 3.04. The maximum Gasteiger partial charge on any atom is 0.254 e. The second-order valence-electron chi connectivity index (χ2n) is 5.59. The summed E-state index contributed by atoms with van der Waals surface area (Å²) in [5, 5.41) is 0. The number of amides is 2. The van der Waals surface area contributed by atoms with Crippen LogP contribution in [0.25, 0.3) is 0 Å². The third-order valence-corrected chi connectivity index (χ3v) is 4.34. The molecule has 5 heteroatoms. The van der Waals surface area contributed by atoms with Crippen molar-refractivity contribution >= 4 is 11.8 Å². The van der Waals surface area contributed by atoms with E-state index >= 15 is 0 Å². The van der Waals surface area contributed by atoms with E-state index in [1.165, 1.54) is 0 Å². The van der Waals surface area contributed by atoms with Crippen molar-refractivity contribution in [3.63, 3.8) is 0 Å². The predicted molar refractivity (Wildman–Crippen MR) is 86.8 cm³/mol. The Morgan fingerprint density at radius 2 is 1.77 bits per heavy atom. The van der Waals surface area contributed by atoms with Crippen molar-refractivity contribution in [3.8, 4) is 0 Å². The fourth-order valence-corrected chi connectivity index (χ4v) is 2.96. The molecular weight excluding hydrogens is 278 g/mol. The Balaban J connectivity index is 2.11. The molecule has 0 spiro atoms. The van der Waals surface area contributed by atoms with Crippen LogP contribution >= 0.6 is 0 Å². The van der Waals surface area contributed by atoms with Crippen LogP contribution in [0, 0.1) is 0 Å². The third-order valence-electron chi connectivity index (χ3n) is 4.34. The molecule has 1 aliphatic rings. The summed E-state index contributed by atoms with van der Waals surface area (Å²) in [6.07, 6.45) is 1.98. The number of nitrogens with two attached hydrogens (primary N) is 1. The van der Waals surface area contributed by atoms with Gasteiger partial charge in [0.2, 0.25) is 0 Å². The number of nitrogens with zero attached hydrogens (tertiary/aromatic N) is 2. The molecule has 1 aromatic rings. The van der Waals surface area contributed by atoms with Crippen LogP contribution in [0.15, 0.2) is 24.3 Å². The van der Waals surface area contributed by atoms with E-state index in [-0.39, 0.29) is 17.9 Å². The highest BCUT2D eigenvalue weighted by molar-refractivity contribution is 5.98. The first-order valence-corrected chi connectivity index (χ1v) is 8.02. The van der Waals surface area contributed by atoms with Gasteiger partial charge in [0.1, 0.15) is 0 Å². The Labute approximate surface area is 132 Å². The molecule has 22 heavy (non-hydrogen) atoms. The predicted octanol–water partition coefficient (Wildman–Crippen LogP) is 1.73. The Morgan fingerprint density at radius 1 is 1.18 bits per heavy atom. The first-order valence-electron chi connectivity index (χ1n) is 8.02. The zero-order chi connectivity index (χ0) is 16.1. The number of likely N-dealkylation sites (tertiary alicyclic amines) is 1. The molecule has 1 fully saturated rings. The van der Waals surface area contributed by atoms with E-state index in [0.717, 1.165) is 19.4 Å². The van der Waals surface area contributed by atoms with Crippen molar-refractivity contribution in [2.75, 3.05) is 26.2 Å². The quantitative estimate of drug-likeness (QED) is 0.901. The molecule has 0 aliphatic carbocycles. The summed E-state index contributed by atoms with van der Waals surface area (Å²) < 4.78 is 0. The lowest BCUT2D eigenvalue weighted by molar-refractivity contribution is 0.0737. The number of carbonyl (C=O) groups is 2. The van der Waals surface area contributed by atoms with E-state index in [2.05, 4.69) is 0 Å². The zero-order valence-electron chi connectivity index (χ0n) is 13.4. The monoisotopic (exact) mass is 303 g/mol. The van der Waals surface area contributed by atoms with Gasteiger partial charge in [0.05, 0.1) is 0 Å². The molecule has 2 amide bonds. The van der Waals surface area contributed by atoms with Crippen LogP contribution in [0.4, 0.5) is 0 Å². The highest BCUT2D eigenvalue weighted by Crippen LogP contribution is 2.19. The minimum absolute atomic E-state index is 0.00464. The number of benzene rings is 1. The Hall–Kier alpha value is -1.88. The summed E-state index contributed by atoms with van der Waals surface area (Å²) >= 11 is 0. The number of carbonyl (C=O) groups excluding carboxylic acids is 2. The topological polar surface area (TPSA) is 66.6 Å². The van der Waals surface area contributed by atoms with E-state index in [0.29, 0.717) is 30.8 Å².